The average Bonchev–Trinajstić information content (AvgIpc) is 2.74. The van der Waals surface area contributed by atoms with E-state index in [0.29, 0.717) is 0 Å². The quantitative estimate of drug-likeness (QED) is 0.528. The fraction of sp³-hybridized carbons (Fsp3) is 1.00. The predicted molar refractivity (Wildman–Crippen MR) is 52.3 cm³/mol. The second kappa shape index (κ2) is 1.35. The summed E-state index contributed by atoms with van der Waals surface area (Å²) in [4.78, 5) is 0. The van der Waals surface area contributed by atoms with Crippen molar-refractivity contribution >= 4 is 11.8 Å². The molecule has 7 fully saturated rings. The van der Waals surface area contributed by atoms with E-state index in [1.807, 2.05) is 0 Å². The smallest absolute Gasteiger partial charge is 0.0318 e. The molecule has 0 radical (unpaired) electrons. The molecular formula is C12H14S. The molecule has 5 bridgehead atoms. The van der Waals surface area contributed by atoms with Crippen molar-refractivity contribution in [1.82, 2.24) is 0 Å². The second-order valence-electron chi connectivity index (χ2n) is 6.59. The van der Waals surface area contributed by atoms with Crippen molar-refractivity contribution in [3.8, 4) is 0 Å². The zero-order valence-electron chi connectivity index (χ0n) is 7.65. The summed E-state index contributed by atoms with van der Waals surface area (Å²) in [6, 6.07) is 0. The zero-order valence-corrected chi connectivity index (χ0v) is 8.46. The van der Waals surface area contributed by atoms with Crippen LogP contribution in [-0.2, 0) is 0 Å². The fourth-order valence-electron chi connectivity index (χ4n) is 7.03. The lowest BCUT2D eigenvalue weighted by atomic mass is 9.38. The van der Waals surface area contributed by atoms with Crippen molar-refractivity contribution in [2.24, 2.45) is 47.3 Å². The Kier molecular flexibility index (Phi) is 0.627. The normalized spacial score (nSPS) is 88.6. The van der Waals surface area contributed by atoms with Crippen LogP contribution in [0.5, 0.6) is 0 Å². The van der Waals surface area contributed by atoms with Gasteiger partial charge in [-0.1, -0.05) is 0 Å². The molecule has 1 saturated heterocycles. The SMILES string of the molecule is C1C2CC3C4C1C1C4C3C3(CS3)C21. The summed E-state index contributed by atoms with van der Waals surface area (Å²) in [6.45, 7) is 0. The topological polar surface area (TPSA) is 0 Å². The maximum Gasteiger partial charge on any atom is 0.0318 e. The number of rotatable bonds is 0. The van der Waals surface area contributed by atoms with Gasteiger partial charge >= 0.3 is 0 Å². The van der Waals surface area contributed by atoms with Gasteiger partial charge in [0.15, 0.2) is 0 Å². The van der Waals surface area contributed by atoms with Crippen molar-refractivity contribution in [3.05, 3.63) is 0 Å². The minimum absolute atomic E-state index is 0.921. The molecule has 0 aromatic rings. The zero-order chi connectivity index (χ0) is 7.95. The van der Waals surface area contributed by atoms with Crippen LogP contribution in [0.1, 0.15) is 12.8 Å². The van der Waals surface area contributed by atoms with Gasteiger partial charge < -0.3 is 0 Å². The van der Waals surface area contributed by atoms with Gasteiger partial charge in [0.1, 0.15) is 0 Å². The molecule has 0 N–H and O–H groups in total. The largest absolute Gasteiger partial charge is 0.152 e. The van der Waals surface area contributed by atoms with Crippen LogP contribution >= 0.6 is 11.8 Å². The number of hydrogen-bond donors (Lipinski definition) is 0. The summed E-state index contributed by atoms with van der Waals surface area (Å²) < 4.78 is 0.921. The van der Waals surface area contributed by atoms with Gasteiger partial charge in [0.05, 0.1) is 0 Å². The van der Waals surface area contributed by atoms with E-state index in [2.05, 4.69) is 11.8 Å². The van der Waals surface area contributed by atoms with Crippen LogP contribution in [-0.4, -0.2) is 10.5 Å². The molecular weight excluding hydrogens is 176 g/mol. The van der Waals surface area contributed by atoms with Crippen LogP contribution in [0.25, 0.3) is 0 Å². The first-order chi connectivity index (χ1) is 6.42. The van der Waals surface area contributed by atoms with Crippen molar-refractivity contribution in [2.45, 2.75) is 17.6 Å². The predicted octanol–water partition coefficient (Wildman–Crippen LogP) is 2.25. The number of hydrogen-bond acceptors (Lipinski definition) is 1. The maximum atomic E-state index is 2.37. The van der Waals surface area contributed by atoms with Gasteiger partial charge in [-0.15, -0.1) is 0 Å². The van der Waals surface area contributed by atoms with Gasteiger partial charge in [0.25, 0.3) is 0 Å². The molecule has 68 valence electrons. The molecule has 0 aromatic carbocycles. The van der Waals surface area contributed by atoms with Crippen LogP contribution < -0.4 is 0 Å². The van der Waals surface area contributed by atoms with Crippen LogP contribution in [0.4, 0.5) is 0 Å². The molecule has 1 aliphatic heterocycles. The lowest BCUT2D eigenvalue weighted by Gasteiger charge is -2.66. The highest BCUT2D eigenvalue weighted by Crippen LogP contribution is 2.91. The van der Waals surface area contributed by atoms with Gasteiger partial charge in [-0.2, -0.15) is 11.8 Å². The molecule has 6 saturated carbocycles. The summed E-state index contributed by atoms with van der Waals surface area (Å²) in [5, 5.41) is 0. The van der Waals surface area contributed by atoms with Crippen molar-refractivity contribution in [3.63, 3.8) is 0 Å². The van der Waals surface area contributed by atoms with E-state index in [-0.39, 0.29) is 0 Å². The molecule has 1 heterocycles. The Labute approximate surface area is 82.8 Å². The third kappa shape index (κ3) is 0.351. The van der Waals surface area contributed by atoms with E-state index in [4.69, 9.17) is 0 Å². The highest BCUT2D eigenvalue weighted by atomic mass is 32.2. The van der Waals surface area contributed by atoms with E-state index >= 15 is 0 Å². The highest BCUT2D eigenvalue weighted by molar-refractivity contribution is 8.08. The van der Waals surface area contributed by atoms with E-state index in [1.165, 1.54) is 47.3 Å². The van der Waals surface area contributed by atoms with Crippen molar-refractivity contribution < 1.29 is 0 Å². The van der Waals surface area contributed by atoms with Gasteiger partial charge in [0, 0.05) is 10.5 Å². The van der Waals surface area contributed by atoms with Gasteiger partial charge in [-0.25, -0.2) is 0 Å². The molecule has 1 heteroatoms. The van der Waals surface area contributed by atoms with Crippen LogP contribution in [0.3, 0.4) is 0 Å². The van der Waals surface area contributed by atoms with Crippen LogP contribution in [0.15, 0.2) is 0 Å². The Morgan fingerprint density at radius 3 is 2.62 bits per heavy atom. The summed E-state index contributed by atoms with van der Waals surface area (Å²) in [5.41, 5.74) is 0. The summed E-state index contributed by atoms with van der Waals surface area (Å²) in [7, 11) is 0. The van der Waals surface area contributed by atoms with Crippen molar-refractivity contribution in [2.75, 3.05) is 5.75 Å². The lowest BCUT2D eigenvalue weighted by molar-refractivity contribution is -0.181. The fourth-order valence-corrected chi connectivity index (χ4v) is 8.65. The number of thioether (sulfide) groups is 1. The lowest BCUT2D eigenvalue weighted by Crippen LogP contribution is -2.63. The Balaban J connectivity index is 1.73. The molecule has 9 atom stereocenters. The third-order valence-corrected chi connectivity index (χ3v) is 8.43. The summed E-state index contributed by atoms with van der Waals surface area (Å²) in [6.07, 6.45) is 3.34. The molecule has 9 unspecified atom stereocenters. The molecule has 0 nitrogen and oxygen atoms in total. The Bertz CT molecular complexity index is 339. The molecule has 1 spiro atoms. The Hall–Kier alpha value is 0.350. The standard InChI is InChI=1S/C12H14S/c1-4-2-6-7-5(1)8-9(7)11(6)12(3-13-12)10(4)8/h4-11H,1-3H2. The Morgan fingerprint density at radius 2 is 1.77 bits per heavy atom. The third-order valence-electron chi connectivity index (χ3n) is 6.93. The molecule has 6 aliphatic carbocycles. The molecule has 7 rings (SSSR count). The second-order valence-corrected chi connectivity index (χ2v) is 7.92. The first-order valence-corrected chi connectivity index (χ1v) is 7.04. The van der Waals surface area contributed by atoms with Crippen molar-refractivity contribution in [1.29, 1.82) is 0 Å². The minimum Gasteiger partial charge on any atom is -0.152 e. The van der Waals surface area contributed by atoms with E-state index < -0.39 is 0 Å². The van der Waals surface area contributed by atoms with Gasteiger partial charge in [-0.05, 0) is 60.2 Å². The van der Waals surface area contributed by atoms with Crippen LogP contribution in [0, 0.1) is 47.3 Å². The summed E-state index contributed by atoms with van der Waals surface area (Å²) >= 11 is 2.37. The molecule has 0 aromatic heterocycles. The maximum absolute atomic E-state index is 2.37. The first-order valence-electron chi connectivity index (χ1n) is 6.06. The Morgan fingerprint density at radius 1 is 0.923 bits per heavy atom. The van der Waals surface area contributed by atoms with E-state index in [0.717, 1.165) is 4.75 Å². The average molecular weight is 190 g/mol. The summed E-state index contributed by atoms with van der Waals surface area (Å²) in [5.74, 6) is 11.6. The van der Waals surface area contributed by atoms with Gasteiger partial charge in [0.2, 0.25) is 0 Å². The molecule has 7 aliphatic rings. The monoisotopic (exact) mass is 190 g/mol. The minimum atomic E-state index is 0.921. The molecule has 13 heavy (non-hydrogen) atoms. The first kappa shape index (κ1) is 6.05. The van der Waals surface area contributed by atoms with Crippen LogP contribution in [0.2, 0.25) is 0 Å². The van der Waals surface area contributed by atoms with E-state index in [9.17, 15) is 0 Å². The molecule has 0 amide bonds. The van der Waals surface area contributed by atoms with Gasteiger partial charge in [-0.3, -0.25) is 0 Å². The van der Waals surface area contributed by atoms with E-state index in [1.54, 1.807) is 18.6 Å². The highest BCUT2D eigenvalue weighted by Gasteiger charge is 2.88.